The molecule has 1 unspecified atom stereocenters. The molecule has 0 saturated carbocycles. The number of amides is 1. The normalized spacial score (nSPS) is 22.5. The van der Waals surface area contributed by atoms with Crippen LogP contribution in [0.5, 0.6) is 0 Å². The van der Waals surface area contributed by atoms with E-state index in [-0.39, 0.29) is 18.5 Å². The first kappa shape index (κ1) is 12.3. The summed E-state index contributed by atoms with van der Waals surface area (Å²) in [7, 11) is 1.69. The molecule has 0 spiro atoms. The minimum absolute atomic E-state index is 0.0470. The summed E-state index contributed by atoms with van der Waals surface area (Å²) >= 11 is 0. The number of rotatable bonds is 4. The van der Waals surface area contributed by atoms with E-state index in [2.05, 4.69) is 5.32 Å². The monoisotopic (exact) mass is 224 g/mol. The number of halogens is 3. The summed E-state index contributed by atoms with van der Waals surface area (Å²) in [6, 6.07) is 0.0470. The molecular formula is C9H15F3N2O. The SMILES string of the molecule is CN1C(=O)CCC1CNCCC(F)(F)F. The number of likely N-dealkylation sites (N-methyl/N-ethyl adjacent to an activating group) is 1. The minimum atomic E-state index is -4.11. The highest BCUT2D eigenvalue weighted by atomic mass is 19.4. The van der Waals surface area contributed by atoms with Crippen molar-refractivity contribution in [1.29, 1.82) is 0 Å². The lowest BCUT2D eigenvalue weighted by molar-refractivity contribution is -0.134. The maximum atomic E-state index is 11.8. The Balaban J connectivity index is 2.13. The first-order valence-electron chi connectivity index (χ1n) is 4.93. The predicted molar refractivity (Wildman–Crippen MR) is 49.3 cm³/mol. The fourth-order valence-electron chi connectivity index (χ4n) is 1.60. The van der Waals surface area contributed by atoms with Crippen LogP contribution in [0.2, 0.25) is 0 Å². The standard InChI is InChI=1S/C9H15F3N2O/c1-14-7(2-3-8(14)15)6-13-5-4-9(10,11)12/h7,13H,2-6H2,1H3. The highest BCUT2D eigenvalue weighted by Gasteiger charge is 2.28. The van der Waals surface area contributed by atoms with Gasteiger partial charge in [-0.1, -0.05) is 0 Å². The summed E-state index contributed by atoms with van der Waals surface area (Å²) in [6.45, 7) is 0.361. The number of nitrogens with one attached hydrogen (secondary N) is 1. The first-order chi connectivity index (χ1) is 6.90. The molecule has 1 atom stereocenters. The molecule has 15 heavy (non-hydrogen) atoms. The molecule has 1 rings (SSSR count). The Hall–Kier alpha value is -0.780. The van der Waals surface area contributed by atoms with E-state index in [1.54, 1.807) is 11.9 Å². The molecule has 0 radical (unpaired) electrons. The maximum absolute atomic E-state index is 11.8. The minimum Gasteiger partial charge on any atom is -0.341 e. The van der Waals surface area contributed by atoms with Crippen LogP contribution >= 0.6 is 0 Å². The molecule has 0 aromatic rings. The Morgan fingerprint density at radius 2 is 2.20 bits per heavy atom. The summed E-state index contributed by atoms with van der Waals surface area (Å²) in [5.41, 5.74) is 0. The van der Waals surface area contributed by atoms with Gasteiger partial charge in [0.15, 0.2) is 0 Å². The van der Waals surface area contributed by atoms with Crippen LogP contribution in [-0.4, -0.2) is 43.2 Å². The number of alkyl halides is 3. The third-order valence-electron chi connectivity index (χ3n) is 2.60. The number of carbonyl (C=O) groups excluding carboxylic acids is 1. The van der Waals surface area contributed by atoms with Crippen molar-refractivity contribution in [1.82, 2.24) is 10.2 Å². The van der Waals surface area contributed by atoms with E-state index >= 15 is 0 Å². The molecule has 3 nitrogen and oxygen atoms in total. The van der Waals surface area contributed by atoms with Crippen LogP contribution in [0.25, 0.3) is 0 Å². The lowest BCUT2D eigenvalue weighted by Crippen LogP contribution is -2.38. The topological polar surface area (TPSA) is 32.3 Å². The lowest BCUT2D eigenvalue weighted by Gasteiger charge is -2.20. The molecule has 88 valence electrons. The molecule has 1 amide bonds. The molecule has 1 N–H and O–H groups in total. The first-order valence-corrected chi connectivity index (χ1v) is 4.93. The zero-order chi connectivity index (χ0) is 11.5. The van der Waals surface area contributed by atoms with E-state index < -0.39 is 12.6 Å². The van der Waals surface area contributed by atoms with Gasteiger partial charge in [-0.25, -0.2) is 0 Å². The van der Waals surface area contributed by atoms with E-state index in [1.165, 1.54) is 0 Å². The largest absolute Gasteiger partial charge is 0.390 e. The van der Waals surface area contributed by atoms with Gasteiger partial charge in [-0.15, -0.1) is 0 Å². The molecule has 1 aliphatic rings. The summed E-state index contributed by atoms with van der Waals surface area (Å²) in [5.74, 6) is 0.0672. The second kappa shape index (κ2) is 4.83. The zero-order valence-corrected chi connectivity index (χ0v) is 8.60. The van der Waals surface area contributed by atoms with Gasteiger partial charge in [0.1, 0.15) is 0 Å². The van der Waals surface area contributed by atoms with Crippen LogP contribution < -0.4 is 5.32 Å². The quantitative estimate of drug-likeness (QED) is 0.726. The molecule has 1 heterocycles. The number of hydrogen-bond acceptors (Lipinski definition) is 2. The van der Waals surface area contributed by atoms with Crippen molar-refractivity contribution in [3.63, 3.8) is 0 Å². The van der Waals surface area contributed by atoms with Gasteiger partial charge in [0.25, 0.3) is 0 Å². The highest BCUT2D eigenvalue weighted by molar-refractivity contribution is 5.78. The fourth-order valence-corrected chi connectivity index (χ4v) is 1.60. The van der Waals surface area contributed by atoms with Gasteiger partial charge in [-0.2, -0.15) is 13.2 Å². The van der Waals surface area contributed by atoms with E-state index in [4.69, 9.17) is 0 Å². The second-order valence-electron chi connectivity index (χ2n) is 3.77. The Kier molecular flexibility index (Phi) is 3.96. The van der Waals surface area contributed by atoms with Gasteiger partial charge in [-0.3, -0.25) is 4.79 Å². The van der Waals surface area contributed by atoms with Gasteiger partial charge in [0.05, 0.1) is 6.42 Å². The van der Waals surface area contributed by atoms with Crippen LogP contribution in [0.3, 0.4) is 0 Å². The van der Waals surface area contributed by atoms with Crippen molar-refractivity contribution in [2.24, 2.45) is 0 Å². The average molecular weight is 224 g/mol. The Morgan fingerprint density at radius 1 is 1.53 bits per heavy atom. The Morgan fingerprint density at radius 3 is 2.67 bits per heavy atom. The van der Waals surface area contributed by atoms with Gasteiger partial charge in [0, 0.05) is 32.6 Å². The molecule has 1 fully saturated rings. The average Bonchev–Trinajstić information content (AvgIpc) is 2.42. The fraction of sp³-hybridized carbons (Fsp3) is 0.889. The van der Waals surface area contributed by atoms with Crippen molar-refractivity contribution in [2.45, 2.75) is 31.5 Å². The molecule has 0 bridgehead atoms. The van der Waals surface area contributed by atoms with Gasteiger partial charge >= 0.3 is 6.18 Å². The molecule has 1 saturated heterocycles. The maximum Gasteiger partial charge on any atom is 0.390 e. The van der Waals surface area contributed by atoms with Crippen molar-refractivity contribution < 1.29 is 18.0 Å². The Labute approximate surface area is 86.6 Å². The van der Waals surface area contributed by atoms with Gasteiger partial charge in [-0.05, 0) is 6.42 Å². The summed E-state index contributed by atoms with van der Waals surface area (Å²) in [4.78, 5) is 12.7. The van der Waals surface area contributed by atoms with Crippen molar-refractivity contribution in [3.05, 3.63) is 0 Å². The number of nitrogens with zero attached hydrogens (tertiary/aromatic N) is 1. The molecule has 1 aliphatic heterocycles. The van der Waals surface area contributed by atoms with E-state index in [0.717, 1.165) is 6.42 Å². The van der Waals surface area contributed by atoms with Crippen LogP contribution in [0, 0.1) is 0 Å². The molecule has 0 aromatic heterocycles. The molecule has 0 aromatic carbocycles. The summed E-state index contributed by atoms with van der Waals surface area (Å²) in [5, 5.41) is 2.72. The van der Waals surface area contributed by atoms with E-state index in [9.17, 15) is 18.0 Å². The zero-order valence-electron chi connectivity index (χ0n) is 8.60. The van der Waals surface area contributed by atoms with Crippen molar-refractivity contribution in [2.75, 3.05) is 20.1 Å². The predicted octanol–water partition coefficient (Wildman–Crippen LogP) is 1.15. The summed E-state index contributed by atoms with van der Waals surface area (Å²) < 4.78 is 35.4. The summed E-state index contributed by atoms with van der Waals surface area (Å²) in [6.07, 6.45) is -3.70. The van der Waals surface area contributed by atoms with E-state index in [0.29, 0.717) is 13.0 Å². The van der Waals surface area contributed by atoms with Crippen molar-refractivity contribution >= 4 is 5.91 Å². The lowest BCUT2D eigenvalue weighted by atomic mass is 10.2. The van der Waals surface area contributed by atoms with Gasteiger partial charge in [0.2, 0.25) is 5.91 Å². The van der Waals surface area contributed by atoms with Crippen LogP contribution in [0.15, 0.2) is 0 Å². The molecule has 6 heteroatoms. The number of carbonyl (C=O) groups is 1. The number of hydrogen-bond donors (Lipinski definition) is 1. The second-order valence-corrected chi connectivity index (χ2v) is 3.77. The third kappa shape index (κ3) is 4.07. The smallest absolute Gasteiger partial charge is 0.341 e. The highest BCUT2D eigenvalue weighted by Crippen LogP contribution is 2.19. The van der Waals surface area contributed by atoms with Crippen LogP contribution in [-0.2, 0) is 4.79 Å². The molecular weight excluding hydrogens is 209 g/mol. The Bertz CT molecular complexity index is 230. The van der Waals surface area contributed by atoms with Gasteiger partial charge < -0.3 is 10.2 Å². The van der Waals surface area contributed by atoms with E-state index in [1.807, 2.05) is 0 Å². The van der Waals surface area contributed by atoms with Crippen LogP contribution in [0.1, 0.15) is 19.3 Å². The third-order valence-corrected chi connectivity index (χ3v) is 2.60. The van der Waals surface area contributed by atoms with Crippen molar-refractivity contribution in [3.8, 4) is 0 Å². The van der Waals surface area contributed by atoms with Crippen LogP contribution in [0.4, 0.5) is 13.2 Å². The molecule has 0 aliphatic carbocycles. The number of likely N-dealkylation sites (tertiary alicyclic amines) is 1.